The smallest absolute Gasteiger partial charge is 0.194 e. The van der Waals surface area contributed by atoms with E-state index in [1.807, 2.05) is 18.2 Å². The fourth-order valence-electron chi connectivity index (χ4n) is 2.38. The lowest BCUT2D eigenvalue weighted by molar-refractivity contribution is 0.188. The van der Waals surface area contributed by atoms with E-state index in [2.05, 4.69) is 38.1 Å². The van der Waals surface area contributed by atoms with Crippen molar-refractivity contribution in [3.05, 3.63) is 33.3 Å². The monoisotopic (exact) mass is 501 g/mol. The van der Waals surface area contributed by atoms with Crippen molar-refractivity contribution >= 4 is 57.5 Å². The van der Waals surface area contributed by atoms with Crippen LogP contribution in [0.5, 0.6) is 0 Å². The molecule has 22 heavy (non-hydrogen) atoms. The van der Waals surface area contributed by atoms with Crippen LogP contribution >= 0.6 is 51.5 Å². The Morgan fingerprint density at radius 2 is 2.32 bits per heavy atom. The van der Waals surface area contributed by atoms with Gasteiger partial charge in [-0.25, -0.2) is 0 Å². The van der Waals surface area contributed by atoms with E-state index >= 15 is 0 Å². The summed E-state index contributed by atoms with van der Waals surface area (Å²) in [5.74, 6) is 0.882. The summed E-state index contributed by atoms with van der Waals surface area (Å²) in [5, 5.41) is 13.7. The van der Waals surface area contributed by atoms with Crippen LogP contribution < -0.4 is 5.32 Å². The highest BCUT2D eigenvalue weighted by atomic mass is 127. The largest absolute Gasteiger partial charge is 0.391 e. The Bertz CT molecular complexity index is 516. The van der Waals surface area contributed by atoms with Crippen molar-refractivity contribution in [3.8, 4) is 0 Å². The zero-order valence-electron chi connectivity index (χ0n) is 12.6. The third kappa shape index (κ3) is 5.86. The highest BCUT2D eigenvalue weighted by molar-refractivity contribution is 14.0. The predicted molar refractivity (Wildman–Crippen MR) is 106 cm³/mol. The molecule has 0 saturated carbocycles. The van der Waals surface area contributed by atoms with Crippen LogP contribution in [-0.2, 0) is 6.42 Å². The average Bonchev–Trinajstić information content (AvgIpc) is 2.88. The first kappa shape index (κ1) is 20.0. The van der Waals surface area contributed by atoms with Crippen LogP contribution in [-0.4, -0.2) is 48.2 Å². The second kappa shape index (κ2) is 9.95. The topological polar surface area (TPSA) is 47.9 Å². The quantitative estimate of drug-likeness (QED) is 0.378. The summed E-state index contributed by atoms with van der Waals surface area (Å²) in [5.41, 5.74) is 1.16. The Morgan fingerprint density at radius 1 is 1.55 bits per heavy atom. The van der Waals surface area contributed by atoms with Crippen LogP contribution in [0.2, 0.25) is 5.02 Å². The summed E-state index contributed by atoms with van der Waals surface area (Å²) in [6.07, 6.45) is 1.40. The SMILES string of the molecule is CCNC(=NCCc1cc(Cl)ccc1Br)N1CC[C@@H](O)C1.I. The molecule has 1 atom stereocenters. The first-order valence-electron chi connectivity index (χ1n) is 7.25. The summed E-state index contributed by atoms with van der Waals surface area (Å²) >= 11 is 9.56. The highest BCUT2D eigenvalue weighted by Crippen LogP contribution is 2.21. The molecule has 1 fully saturated rings. The average molecular weight is 503 g/mol. The summed E-state index contributed by atoms with van der Waals surface area (Å²) in [6, 6.07) is 5.80. The number of benzene rings is 1. The molecule has 0 bridgehead atoms. The lowest BCUT2D eigenvalue weighted by atomic mass is 10.1. The molecule has 2 N–H and O–H groups in total. The predicted octanol–water partition coefficient (Wildman–Crippen LogP) is 3.30. The van der Waals surface area contributed by atoms with Crippen LogP contribution in [0.1, 0.15) is 18.9 Å². The standard InChI is InChI=1S/C15H21BrClN3O.HI/c1-2-18-15(20-8-6-13(21)10-20)19-7-5-11-9-12(17)3-4-14(11)16;/h3-4,9,13,21H,2,5-8,10H2,1H3,(H,18,19);1H/t13-;/m1./s1. The van der Waals surface area contributed by atoms with Crippen LogP contribution in [0.4, 0.5) is 0 Å². The van der Waals surface area contributed by atoms with Crippen LogP contribution in [0.3, 0.4) is 0 Å². The van der Waals surface area contributed by atoms with Gasteiger partial charge in [-0.05, 0) is 43.5 Å². The molecule has 0 aromatic heterocycles. The number of guanidine groups is 1. The molecule has 0 spiro atoms. The highest BCUT2D eigenvalue weighted by Gasteiger charge is 2.22. The lowest BCUT2D eigenvalue weighted by Gasteiger charge is -2.21. The van der Waals surface area contributed by atoms with Crippen LogP contribution in [0, 0.1) is 0 Å². The summed E-state index contributed by atoms with van der Waals surface area (Å²) in [4.78, 5) is 6.76. The van der Waals surface area contributed by atoms with Gasteiger partial charge >= 0.3 is 0 Å². The summed E-state index contributed by atoms with van der Waals surface area (Å²) < 4.78 is 1.06. The van der Waals surface area contributed by atoms with Gasteiger partial charge in [0.05, 0.1) is 6.10 Å². The molecule has 7 heteroatoms. The van der Waals surface area contributed by atoms with E-state index in [4.69, 9.17) is 11.6 Å². The molecule has 1 saturated heterocycles. The van der Waals surface area contributed by atoms with Crippen molar-refractivity contribution < 1.29 is 5.11 Å². The Kier molecular flexibility index (Phi) is 9.04. The number of nitrogens with one attached hydrogen (secondary N) is 1. The van der Waals surface area contributed by atoms with E-state index < -0.39 is 0 Å². The number of aliphatic imine (C=N–C) groups is 1. The van der Waals surface area contributed by atoms with Crippen molar-refractivity contribution in [2.24, 2.45) is 4.99 Å². The number of hydrogen-bond donors (Lipinski definition) is 2. The van der Waals surface area contributed by atoms with Crippen molar-refractivity contribution in [2.45, 2.75) is 25.9 Å². The number of hydrogen-bond acceptors (Lipinski definition) is 2. The molecule has 1 aromatic carbocycles. The molecule has 2 rings (SSSR count). The molecule has 0 unspecified atom stereocenters. The maximum atomic E-state index is 9.64. The Balaban J connectivity index is 0.00000242. The molecule has 124 valence electrons. The van der Waals surface area contributed by atoms with Gasteiger partial charge in [0.25, 0.3) is 0 Å². The van der Waals surface area contributed by atoms with E-state index in [9.17, 15) is 5.11 Å². The van der Waals surface area contributed by atoms with Crippen LogP contribution in [0.15, 0.2) is 27.7 Å². The Labute approximate surface area is 162 Å². The number of nitrogens with zero attached hydrogens (tertiary/aromatic N) is 2. The second-order valence-electron chi connectivity index (χ2n) is 5.11. The van der Waals surface area contributed by atoms with Crippen molar-refractivity contribution in [1.29, 1.82) is 0 Å². The summed E-state index contributed by atoms with van der Waals surface area (Å²) in [6.45, 7) is 5.08. The van der Waals surface area contributed by atoms with Gasteiger partial charge in [-0.15, -0.1) is 24.0 Å². The third-order valence-electron chi connectivity index (χ3n) is 3.45. The van der Waals surface area contributed by atoms with Crippen LogP contribution in [0.25, 0.3) is 0 Å². The number of halogens is 3. The van der Waals surface area contributed by atoms with E-state index in [-0.39, 0.29) is 30.1 Å². The molecule has 1 heterocycles. The number of likely N-dealkylation sites (tertiary alicyclic amines) is 1. The minimum absolute atomic E-state index is 0. The van der Waals surface area contributed by atoms with E-state index in [0.29, 0.717) is 13.1 Å². The van der Waals surface area contributed by atoms with Crippen molar-refractivity contribution in [1.82, 2.24) is 10.2 Å². The van der Waals surface area contributed by atoms with Crippen molar-refractivity contribution in [3.63, 3.8) is 0 Å². The van der Waals surface area contributed by atoms with Gasteiger partial charge in [0.2, 0.25) is 0 Å². The fraction of sp³-hybridized carbons (Fsp3) is 0.533. The second-order valence-corrected chi connectivity index (χ2v) is 6.40. The molecule has 1 aliphatic heterocycles. The number of aliphatic hydroxyl groups is 1. The van der Waals surface area contributed by atoms with Gasteiger partial charge in [0.1, 0.15) is 0 Å². The maximum Gasteiger partial charge on any atom is 0.194 e. The van der Waals surface area contributed by atoms with E-state index in [0.717, 1.165) is 46.9 Å². The fourth-order valence-corrected chi connectivity index (χ4v) is 3.02. The summed E-state index contributed by atoms with van der Waals surface area (Å²) in [7, 11) is 0. The third-order valence-corrected chi connectivity index (χ3v) is 4.46. The number of aliphatic hydroxyl groups excluding tert-OH is 1. The first-order valence-corrected chi connectivity index (χ1v) is 8.42. The van der Waals surface area contributed by atoms with Gasteiger partial charge < -0.3 is 15.3 Å². The minimum atomic E-state index is -0.240. The molecule has 0 aliphatic carbocycles. The van der Waals surface area contributed by atoms with Gasteiger partial charge in [0.15, 0.2) is 5.96 Å². The lowest BCUT2D eigenvalue weighted by Crippen LogP contribution is -2.40. The Hall–Kier alpha value is -0.0500. The zero-order chi connectivity index (χ0) is 15.2. The maximum absolute atomic E-state index is 9.64. The minimum Gasteiger partial charge on any atom is -0.391 e. The van der Waals surface area contributed by atoms with Gasteiger partial charge in [-0.2, -0.15) is 0 Å². The zero-order valence-corrected chi connectivity index (χ0v) is 17.2. The van der Waals surface area contributed by atoms with E-state index in [1.165, 1.54) is 0 Å². The normalized spacial score (nSPS) is 18.3. The number of rotatable bonds is 4. The Morgan fingerprint density at radius 3 is 2.95 bits per heavy atom. The molecule has 1 aliphatic rings. The molecule has 1 aromatic rings. The van der Waals surface area contributed by atoms with Gasteiger partial charge in [-0.3, -0.25) is 4.99 Å². The van der Waals surface area contributed by atoms with Gasteiger partial charge in [0, 0.05) is 35.7 Å². The number of β-amino-alcohol motifs (C(OH)–C–C–N with tert-alkyl or cyclic N) is 1. The molecule has 0 amide bonds. The van der Waals surface area contributed by atoms with Crippen molar-refractivity contribution in [2.75, 3.05) is 26.2 Å². The first-order chi connectivity index (χ1) is 10.1. The van der Waals surface area contributed by atoms with Gasteiger partial charge in [-0.1, -0.05) is 27.5 Å². The molecule has 4 nitrogen and oxygen atoms in total. The molecular weight excluding hydrogens is 480 g/mol. The molecule has 0 radical (unpaired) electrons. The molecular formula is C15H22BrClIN3O. The van der Waals surface area contributed by atoms with E-state index in [1.54, 1.807) is 0 Å².